The first-order valence-corrected chi connectivity index (χ1v) is 16.1. The number of rotatable bonds is 12. The van der Waals surface area contributed by atoms with Crippen LogP contribution in [-0.2, 0) is 4.79 Å². The van der Waals surface area contributed by atoms with E-state index in [-0.39, 0.29) is 6.54 Å². The number of aliphatic hydroxyl groups excluding tert-OH is 1. The van der Waals surface area contributed by atoms with Gasteiger partial charge in [-0.2, -0.15) is 0 Å². The molecule has 0 aliphatic heterocycles. The first kappa shape index (κ1) is 29.7. The van der Waals surface area contributed by atoms with Gasteiger partial charge in [-0.15, -0.1) is 0 Å². The highest BCUT2D eigenvalue weighted by molar-refractivity contribution is 5.92. The van der Waals surface area contributed by atoms with Gasteiger partial charge in [-0.3, -0.25) is 4.79 Å². The van der Waals surface area contributed by atoms with Crippen molar-refractivity contribution in [3.8, 4) is 0 Å². The molecule has 2 spiro atoms. The summed E-state index contributed by atoms with van der Waals surface area (Å²) in [5.74, 6) is -0.970. The van der Waals surface area contributed by atoms with Crippen molar-refractivity contribution in [1.82, 2.24) is 5.32 Å². The quantitative estimate of drug-likeness (QED) is 0.184. The third-order valence-electron chi connectivity index (χ3n) is 12.2. The molecule has 5 aliphatic rings. The molecule has 5 aliphatic carbocycles. The molecule has 0 aromatic rings. The molecule has 39 heavy (non-hydrogen) atoms. The standard InChI is InChI=1S/C31H53NO7/c1-2-3-4-5-6-7-8-9-10-17-22-32-24(34)27(35)23(33)28(36)25(18-13-11-14-19-25)30(28,38)31(39)26(29(27,31)37)20-15-12-16-21-26/h23,33,35-39H,2-22H2,1H3,(H,32,34)/t23-,27+,28-,29+,30-,31+/m0/s1. The van der Waals surface area contributed by atoms with E-state index in [0.29, 0.717) is 57.8 Å². The lowest BCUT2D eigenvalue weighted by atomic mass is 9.71. The highest BCUT2D eigenvalue weighted by Gasteiger charge is 3.14. The van der Waals surface area contributed by atoms with Crippen LogP contribution in [0.3, 0.4) is 0 Å². The smallest absolute Gasteiger partial charge is 0.258 e. The zero-order valence-corrected chi connectivity index (χ0v) is 24.0. The molecule has 5 fully saturated rings. The van der Waals surface area contributed by atoms with Crippen molar-refractivity contribution in [3.05, 3.63) is 0 Å². The van der Waals surface area contributed by atoms with E-state index in [1.807, 2.05) is 0 Å². The van der Waals surface area contributed by atoms with Gasteiger partial charge < -0.3 is 36.0 Å². The maximum atomic E-state index is 13.7. The molecule has 6 atom stereocenters. The predicted molar refractivity (Wildman–Crippen MR) is 147 cm³/mol. The van der Waals surface area contributed by atoms with Gasteiger partial charge in [0.1, 0.15) is 28.5 Å². The Labute approximate surface area is 233 Å². The number of hydrogen-bond donors (Lipinski definition) is 7. The summed E-state index contributed by atoms with van der Waals surface area (Å²) in [6.07, 6.45) is 15.1. The monoisotopic (exact) mass is 551 g/mol. The normalized spacial score (nSPS) is 43.1. The Morgan fingerprint density at radius 2 is 1.10 bits per heavy atom. The molecule has 0 aromatic carbocycles. The van der Waals surface area contributed by atoms with E-state index in [2.05, 4.69) is 12.2 Å². The Hall–Kier alpha value is -0.770. The summed E-state index contributed by atoms with van der Waals surface area (Å²) in [7, 11) is 0. The van der Waals surface area contributed by atoms with Gasteiger partial charge in [0.15, 0.2) is 0 Å². The van der Waals surface area contributed by atoms with E-state index in [9.17, 15) is 35.4 Å². The van der Waals surface area contributed by atoms with Gasteiger partial charge in [0.2, 0.25) is 5.60 Å². The van der Waals surface area contributed by atoms with Crippen LogP contribution in [0.25, 0.3) is 0 Å². The van der Waals surface area contributed by atoms with Gasteiger partial charge in [-0.25, -0.2) is 0 Å². The van der Waals surface area contributed by atoms with Crippen LogP contribution in [0.1, 0.15) is 135 Å². The van der Waals surface area contributed by atoms with Gasteiger partial charge in [0.25, 0.3) is 5.91 Å². The second kappa shape index (κ2) is 10.2. The molecule has 1 amide bonds. The maximum Gasteiger partial charge on any atom is 0.258 e. The van der Waals surface area contributed by atoms with Crippen molar-refractivity contribution in [2.45, 2.75) is 169 Å². The summed E-state index contributed by atoms with van der Waals surface area (Å²) in [6, 6.07) is 0. The first-order valence-electron chi connectivity index (χ1n) is 16.1. The molecule has 0 unspecified atom stereocenters. The SMILES string of the molecule is CCCCCCCCCCCCNC(=O)[C@]1(O)[C@H](O)[C@]2(O)C3(CCCCC3)[C@@]2(O)[C@@]2(O)C3(CCCCC3)[C@]21O. The highest BCUT2D eigenvalue weighted by Crippen LogP contribution is 2.93. The number of unbranched alkanes of at least 4 members (excludes halogenated alkanes) is 9. The van der Waals surface area contributed by atoms with E-state index in [0.717, 1.165) is 32.1 Å². The summed E-state index contributed by atoms with van der Waals surface area (Å²) in [6.45, 7) is 2.48. The third-order valence-corrected chi connectivity index (χ3v) is 12.2. The van der Waals surface area contributed by atoms with Crippen molar-refractivity contribution >= 4 is 5.91 Å². The average Bonchev–Trinajstić information content (AvgIpc) is 3.58. The number of amides is 1. The molecule has 0 saturated heterocycles. The number of nitrogens with one attached hydrogen (secondary N) is 1. The minimum Gasteiger partial charge on any atom is -0.386 e. The van der Waals surface area contributed by atoms with Crippen LogP contribution in [0.5, 0.6) is 0 Å². The van der Waals surface area contributed by atoms with Crippen molar-refractivity contribution < 1.29 is 35.4 Å². The van der Waals surface area contributed by atoms with E-state index in [1.165, 1.54) is 38.5 Å². The Balaban J connectivity index is 1.29. The summed E-state index contributed by atoms with van der Waals surface area (Å²) < 4.78 is 0. The van der Waals surface area contributed by atoms with Crippen molar-refractivity contribution in [3.63, 3.8) is 0 Å². The van der Waals surface area contributed by atoms with E-state index in [1.54, 1.807) is 0 Å². The lowest BCUT2D eigenvalue weighted by Gasteiger charge is -2.45. The summed E-state index contributed by atoms with van der Waals surface area (Å²) in [4.78, 5) is 13.7. The Bertz CT molecular complexity index is 917. The van der Waals surface area contributed by atoms with Crippen molar-refractivity contribution in [1.29, 1.82) is 0 Å². The van der Waals surface area contributed by atoms with Gasteiger partial charge in [0.05, 0.1) is 0 Å². The molecule has 0 radical (unpaired) electrons. The van der Waals surface area contributed by atoms with Crippen LogP contribution in [-0.4, -0.2) is 77.2 Å². The fourth-order valence-electron chi connectivity index (χ4n) is 10.2. The molecule has 0 aromatic heterocycles. The minimum absolute atomic E-state index is 0.264. The van der Waals surface area contributed by atoms with Crippen LogP contribution >= 0.6 is 0 Å². The van der Waals surface area contributed by atoms with Crippen LogP contribution in [0.2, 0.25) is 0 Å². The second-order valence-corrected chi connectivity index (χ2v) is 13.8. The van der Waals surface area contributed by atoms with Crippen LogP contribution < -0.4 is 5.32 Å². The molecule has 5 rings (SSSR count). The van der Waals surface area contributed by atoms with E-state index >= 15 is 0 Å². The van der Waals surface area contributed by atoms with Crippen LogP contribution in [0.4, 0.5) is 0 Å². The Kier molecular flexibility index (Phi) is 7.77. The molecule has 8 nitrogen and oxygen atoms in total. The number of carbonyl (C=O) groups excluding carboxylic acids is 1. The zero-order chi connectivity index (χ0) is 28.2. The van der Waals surface area contributed by atoms with Crippen LogP contribution in [0, 0.1) is 10.8 Å². The average molecular weight is 552 g/mol. The molecule has 0 bridgehead atoms. The summed E-state index contributed by atoms with van der Waals surface area (Å²) >= 11 is 0. The van der Waals surface area contributed by atoms with Crippen molar-refractivity contribution in [2.75, 3.05) is 6.54 Å². The molecular formula is C31H53NO7. The second-order valence-electron chi connectivity index (χ2n) is 13.8. The molecule has 8 heteroatoms. The fourth-order valence-corrected chi connectivity index (χ4v) is 10.2. The van der Waals surface area contributed by atoms with Gasteiger partial charge in [0, 0.05) is 17.4 Å². The largest absolute Gasteiger partial charge is 0.386 e. The highest BCUT2D eigenvalue weighted by atomic mass is 16.5. The lowest BCUT2D eigenvalue weighted by molar-refractivity contribution is -0.260. The molecule has 5 saturated carbocycles. The van der Waals surface area contributed by atoms with E-state index in [4.69, 9.17) is 0 Å². The van der Waals surface area contributed by atoms with E-state index < -0.39 is 50.8 Å². The summed E-state index contributed by atoms with van der Waals surface area (Å²) in [5.41, 5.74) is -14.6. The van der Waals surface area contributed by atoms with Crippen LogP contribution in [0.15, 0.2) is 0 Å². The number of aliphatic hydroxyl groups is 6. The minimum atomic E-state index is -2.83. The van der Waals surface area contributed by atoms with Crippen molar-refractivity contribution in [2.24, 2.45) is 10.8 Å². The molecule has 0 heterocycles. The molecular weight excluding hydrogens is 498 g/mol. The fraction of sp³-hybridized carbons (Fsp3) is 0.968. The zero-order valence-electron chi connectivity index (χ0n) is 24.0. The van der Waals surface area contributed by atoms with Gasteiger partial charge in [-0.1, -0.05) is 103 Å². The first-order chi connectivity index (χ1) is 18.6. The topological polar surface area (TPSA) is 150 Å². The maximum absolute atomic E-state index is 13.7. The number of fused-ring (bicyclic) bond motifs is 7. The third kappa shape index (κ3) is 3.31. The summed E-state index contributed by atoms with van der Waals surface area (Å²) in [5, 5.41) is 75.0. The number of carbonyl (C=O) groups is 1. The predicted octanol–water partition coefficient (Wildman–Crippen LogP) is 2.98. The molecule has 224 valence electrons. The molecule has 7 N–H and O–H groups in total. The Morgan fingerprint density at radius 3 is 1.62 bits per heavy atom. The van der Waals surface area contributed by atoms with Gasteiger partial charge in [-0.05, 0) is 32.1 Å². The van der Waals surface area contributed by atoms with Gasteiger partial charge >= 0.3 is 0 Å². The lowest BCUT2D eigenvalue weighted by Crippen LogP contribution is -2.75. The Morgan fingerprint density at radius 1 is 0.641 bits per heavy atom. The number of hydrogen-bond acceptors (Lipinski definition) is 7.